The highest BCUT2D eigenvalue weighted by atomic mass is 32.1. The zero-order valence-electron chi connectivity index (χ0n) is 7.60. The molecule has 1 N–H and O–H groups in total. The van der Waals surface area contributed by atoms with E-state index < -0.39 is 11.9 Å². The molecule has 2 heterocycles. The fourth-order valence-electron chi connectivity index (χ4n) is 1.38. The predicted octanol–water partition coefficient (Wildman–Crippen LogP) is 2.48. The maximum Gasteiger partial charge on any atom is 0.312 e. The van der Waals surface area contributed by atoms with E-state index in [2.05, 4.69) is 4.98 Å². The topological polar surface area (TPSA) is 50.2 Å². The van der Waals surface area contributed by atoms with Crippen LogP contribution in [-0.4, -0.2) is 16.1 Å². The zero-order chi connectivity index (χ0) is 10.1. The minimum atomic E-state index is -0.837. The highest BCUT2D eigenvalue weighted by Crippen LogP contribution is 2.27. The van der Waals surface area contributed by atoms with Crippen LogP contribution in [0, 0.1) is 0 Å². The minimum Gasteiger partial charge on any atom is -0.481 e. The summed E-state index contributed by atoms with van der Waals surface area (Å²) in [5.74, 6) is -1.38. The van der Waals surface area contributed by atoms with Gasteiger partial charge in [0, 0.05) is 16.3 Å². The molecule has 2 aromatic heterocycles. The predicted molar refractivity (Wildman–Crippen MR) is 55.7 cm³/mol. The highest BCUT2D eigenvalue weighted by molar-refractivity contribution is 7.17. The molecule has 4 heteroatoms. The third-order valence-corrected chi connectivity index (χ3v) is 3.07. The lowest BCUT2D eigenvalue weighted by Crippen LogP contribution is -2.09. The van der Waals surface area contributed by atoms with Crippen molar-refractivity contribution in [3.05, 3.63) is 29.4 Å². The van der Waals surface area contributed by atoms with Crippen molar-refractivity contribution in [1.29, 1.82) is 0 Å². The molecule has 1 unspecified atom stereocenters. The van der Waals surface area contributed by atoms with Gasteiger partial charge in [0.15, 0.2) is 0 Å². The Hall–Kier alpha value is -1.42. The van der Waals surface area contributed by atoms with E-state index >= 15 is 0 Å². The van der Waals surface area contributed by atoms with Crippen LogP contribution in [0.1, 0.15) is 18.5 Å². The third kappa shape index (κ3) is 1.37. The van der Waals surface area contributed by atoms with E-state index in [1.54, 1.807) is 24.5 Å². The number of carboxylic acid groups (broad SMARTS) is 1. The maximum atomic E-state index is 10.8. The molecule has 0 spiro atoms. The van der Waals surface area contributed by atoms with E-state index in [0.717, 1.165) is 10.1 Å². The Labute approximate surface area is 85.0 Å². The van der Waals surface area contributed by atoms with Crippen LogP contribution in [0.15, 0.2) is 23.7 Å². The number of pyridine rings is 1. The number of carbonyl (C=O) groups is 1. The number of hydrogen-bond acceptors (Lipinski definition) is 3. The summed E-state index contributed by atoms with van der Waals surface area (Å²) in [4.78, 5) is 15.0. The molecule has 1 atom stereocenters. The van der Waals surface area contributed by atoms with Gasteiger partial charge in [0.2, 0.25) is 0 Å². The van der Waals surface area contributed by atoms with E-state index in [1.807, 2.05) is 17.5 Å². The van der Waals surface area contributed by atoms with Gasteiger partial charge in [0.25, 0.3) is 0 Å². The average molecular weight is 207 g/mol. The van der Waals surface area contributed by atoms with Crippen LogP contribution in [0.25, 0.3) is 10.1 Å². The van der Waals surface area contributed by atoms with Crippen molar-refractivity contribution in [3.63, 3.8) is 0 Å². The number of aliphatic carboxylic acids is 1. The first-order chi connectivity index (χ1) is 6.70. The Kier molecular flexibility index (Phi) is 2.21. The van der Waals surface area contributed by atoms with Crippen LogP contribution in [0.5, 0.6) is 0 Å². The van der Waals surface area contributed by atoms with Crippen molar-refractivity contribution < 1.29 is 9.90 Å². The van der Waals surface area contributed by atoms with Crippen LogP contribution in [0.2, 0.25) is 0 Å². The number of thiophene rings is 1. The van der Waals surface area contributed by atoms with Gasteiger partial charge in [-0.25, -0.2) is 0 Å². The van der Waals surface area contributed by atoms with Crippen LogP contribution in [0.4, 0.5) is 0 Å². The Balaban J connectivity index is 2.61. The van der Waals surface area contributed by atoms with Gasteiger partial charge in [-0.3, -0.25) is 9.78 Å². The molecule has 0 saturated heterocycles. The number of nitrogens with zero attached hydrogens (tertiary/aromatic N) is 1. The van der Waals surface area contributed by atoms with E-state index in [-0.39, 0.29) is 0 Å². The second-order valence-corrected chi connectivity index (χ2v) is 4.04. The SMILES string of the molecule is CC(C(=O)O)c1nccc2sccc12. The minimum absolute atomic E-state index is 0.548. The molecular formula is C10H9NO2S. The lowest BCUT2D eigenvalue weighted by molar-refractivity contribution is -0.138. The summed E-state index contributed by atoms with van der Waals surface area (Å²) in [6.45, 7) is 1.65. The average Bonchev–Trinajstić information content (AvgIpc) is 2.63. The second-order valence-electron chi connectivity index (χ2n) is 3.09. The second kappa shape index (κ2) is 3.38. The molecule has 0 aromatic carbocycles. The van der Waals surface area contributed by atoms with Gasteiger partial charge >= 0.3 is 5.97 Å². The van der Waals surface area contributed by atoms with E-state index in [1.165, 1.54) is 0 Å². The number of hydrogen-bond donors (Lipinski definition) is 1. The maximum absolute atomic E-state index is 10.8. The standard InChI is InChI=1S/C10H9NO2S/c1-6(10(12)13)9-7-3-5-14-8(7)2-4-11-9/h2-6H,1H3,(H,12,13). The van der Waals surface area contributed by atoms with Crippen LogP contribution < -0.4 is 0 Å². The monoisotopic (exact) mass is 207 g/mol. The van der Waals surface area contributed by atoms with Crippen molar-refractivity contribution in [2.45, 2.75) is 12.8 Å². The number of carboxylic acids is 1. The van der Waals surface area contributed by atoms with E-state index in [0.29, 0.717) is 5.69 Å². The first-order valence-electron chi connectivity index (χ1n) is 4.25. The Morgan fingerprint density at radius 3 is 3.07 bits per heavy atom. The Morgan fingerprint density at radius 2 is 2.36 bits per heavy atom. The van der Waals surface area contributed by atoms with Gasteiger partial charge in [-0.15, -0.1) is 11.3 Å². The summed E-state index contributed by atoms with van der Waals surface area (Å²) in [5.41, 5.74) is 0.649. The van der Waals surface area contributed by atoms with Gasteiger partial charge in [-0.05, 0) is 24.4 Å². The van der Waals surface area contributed by atoms with Crippen molar-refractivity contribution in [2.75, 3.05) is 0 Å². The van der Waals surface area contributed by atoms with Crippen LogP contribution in [-0.2, 0) is 4.79 Å². The molecule has 72 valence electrons. The quantitative estimate of drug-likeness (QED) is 0.823. The van der Waals surface area contributed by atoms with Crippen LogP contribution in [0.3, 0.4) is 0 Å². The van der Waals surface area contributed by atoms with Crippen molar-refractivity contribution in [2.24, 2.45) is 0 Å². The molecule has 0 aliphatic heterocycles. The normalized spacial score (nSPS) is 12.9. The number of fused-ring (bicyclic) bond motifs is 1. The Bertz CT molecular complexity index is 478. The van der Waals surface area contributed by atoms with Gasteiger partial charge < -0.3 is 5.11 Å². The van der Waals surface area contributed by atoms with E-state index in [4.69, 9.17) is 5.11 Å². The summed E-state index contributed by atoms with van der Waals surface area (Å²) < 4.78 is 1.09. The molecule has 14 heavy (non-hydrogen) atoms. The van der Waals surface area contributed by atoms with Crippen LogP contribution >= 0.6 is 11.3 Å². The highest BCUT2D eigenvalue weighted by Gasteiger charge is 2.17. The summed E-state index contributed by atoms with van der Waals surface area (Å²) in [5, 5.41) is 11.8. The molecule has 0 bridgehead atoms. The lowest BCUT2D eigenvalue weighted by atomic mass is 10.0. The zero-order valence-corrected chi connectivity index (χ0v) is 8.41. The molecular weight excluding hydrogens is 198 g/mol. The van der Waals surface area contributed by atoms with Crippen molar-refractivity contribution in [3.8, 4) is 0 Å². The van der Waals surface area contributed by atoms with Gasteiger partial charge in [0.05, 0.1) is 11.6 Å². The smallest absolute Gasteiger partial charge is 0.312 e. The summed E-state index contributed by atoms with van der Waals surface area (Å²) >= 11 is 1.60. The first kappa shape index (κ1) is 9.15. The molecule has 2 rings (SSSR count). The van der Waals surface area contributed by atoms with Gasteiger partial charge in [0.1, 0.15) is 0 Å². The number of rotatable bonds is 2. The Morgan fingerprint density at radius 1 is 1.57 bits per heavy atom. The molecule has 0 saturated carbocycles. The first-order valence-corrected chi connectivity index (χ1v) is 5.13. The lowest BCUT2D eigenvalue weighted by Gasteiger charge is -2.06. The van der Waals surface area contributed by atoms with Crippen molar-refractivity contribution in [1.82, 2.24) is 4.98 Å². The van der Waals surface area contributed by atoms with Crippen molar-refractivity contribution >= 4 is 27.4 Å². The molecule has 0 fully saturated rings. The molecule has 3 nitrogen and oxygen atoms in total. The molecule has 0 aliphatic carbocycles. The molecule has 0 radical (unpaired) electrons. The summed E-state index contributed by atoms with van der Waals surface area (Å²) in [6, 6.07) is 3.82. The number of aromatic nitrogens is 1. The molecule has 2 aromatic rings. The van der Waals surface area contributed by atoms with Gasteiger partial charge in [-0.1, -0.05) is 0 Å². The molecule has 0 amide bonds. The summed E-state index contributed by atoms with van der Waals surface area (Å²) in [7, 11) is 0. The summed E-state index contributed by atoms with van der Waals surface area (Å²) in [6.07, 6.45) is 1.66. The largest absolute Gasteiger partial charge is 0.481 e. The fraction of sp³-hybridized carbons (Fsp3) is 0.200. The van der Waals surface area contributed by atoms with Gasteiger partial charge in [-0.2, -0.15) is 0 Å². The third-order valence-electron chi connectivity index (χ3n) is 2.19. The van der Waals surface area contributed by atoms with E-state index in [9.17, 15) is 4.79 Å². The molecule has 0 aliphatic rings. The fourth-order valence-corrected chi connectivity index (χ4v) is 2.17.